The largest absolute Gasteiger partial charge is 0.341 e. The van der Waals surface area contributed by atoms with Gasteiger partial charge in [-0.05, 0) is 38.6 Å². The van der Waals surface area contributed by atoms with Crippen LogP contribution in [0.25, 0.3) is 0 Å². The molecule has 0 aromatic rings. The van der Waals surface area contributed by atoms with E-state index in [0.717, 1.165) is 38.8 Å². The van der Waals surface area contributed by atoms with E-state index in [-0.39, 0.29) is 5.92 Å². The van der Waals surface area contributed by atoms with Crippen LogP contribution in [-0.2, 0) is 4.79 Å². The van der Waals surface area contributed by atoms with Crippen LogP contribution < -0.4 is 5.32 Å². The maximum absolute atomic E-state index is 12.3. The molecule has 1 fully saturated rings. The van der Waals surface area contributed by atoms with Gasteiger partial charge >= 0.3 is 0 Å². The van der Waals surface area contributed by atoms with E-state index in [1.807, 2.05) is 11.9 Å². The zero-order valence-electron chi connectivity index (χ0n) is 10.1. The third-order valence-electron chi connectivity index (χ3n) is 3.78. The number of amides is 1. The number of nitrogens with one attached hydrogen (secondary N) is 1. The third-order valence-corrected chi connectivity index (χ3v) is 3.78. The molecule has 2 aliphatic rings. The van der Waals surface area contributed by atoms with E-state index in [1.54, 1.807) is 0 Å². The number of hydrogen-bond donors (Lipinski definition) is 1. The van der Waals surface area contributed by atoms with Crippen LogP contribution >= 0.6 is 0 Å². The molecule has 1 N–H and O–H groups in total. The molecular formula is C13H22N2O. The summed E-state index contributed by atoms with van der Waals surface area (Å²) in [5.74, 6) is 0.579. The summed E-state index contributed by atoms with van der Waals surface area (Å²) in [5.41, 5.74) is 0. The smallest absolute Gasteiger partial charge is 0.226 e. The lowest BCUT2D eigenvalue weighted by Crippen LogP contribution is -2.48. The van der Waals surface area contributed by atoms with Gasteiger partial charge in [0.15, 0.2) is 0 Å². The normalized spacial score (nSPS) is 30.1. The standard InChI is InChI=1S/C13H22N2O/c1-15(12-8-5-9-14-10-12)13(16)11-6-3-2-4-7-11/h2-3,11-12,14H,4-10H2,1H3. The van der Waals surface area contributed by atoms with Crippen LogP contribution in [0, 0.1) is 5.92 Å². The Morgan fingerprint density at radius 2 is 2.25 bits per heavy atom. The molecule has 0 saturated carbocycles. The lowest BCUT2D eigenvalue weighted by Gasteiger charge is -2.34. The molecular weight excluding hydrogens is 200 g/mol. The Labute approximate surface area is 97.9 Å². The van der Waals surface area contributed by atoms with Gasteiger partial charge in [-0.1, -0.05) is 12.2 Å². The zero-order valence-corrected chi connectivity index (χ0v) is 10.1. The van der Waals surface area contributed by atoms with Crippen molar-refractivity contribution < 1.29 is 4.79 Å². The van der Waals surface area contributed by atoms with Crippen LogP contribution in [-0.4, -0.2) is 37.0 Å². The van der Waals surface area contributed by atoms with Crippen LogP contribution in [0.5, 0.6) is 0 Å². The topological polar surface area (TPSA) is 32.3 Å². The van der Waals surface area contributed by atoms with E-state index in [1.165, 1.54) is 6.42 Å². The number of piperidine rings is 1. The van der Waals surface area contributed by atoms with Crippen molar-refractivity contribution in [3.05, 3.63) is 12.2 Å². The Morgan fingerprint density at radius 3 is 2.88 bits per heavy atom. The highest BCUT2D eigenvalue weighted by Gasteiger charge is 2.27. The summed E-state index contributed by atoms with van der Waals surface area (Å²) in [6, 6.07) is 0.409. The summed E-state index contributed by atoms with van der Waals surface area (Å²) >= 11 is 0. The van der Waals surface area contributed by atoms with Gasteiger partial charge in [0.2, 0.25) is 5.91 Å². The fraction of sp³-hybridized carbons (Fsp3) is 0.769. The maximum Gasteiger partial charge on any atom is 0.226 e. The zero-order chi connectivity index (χ0) is 11.4. The van der Waals surface area contributed by atoms with E-state index in [4.69, 9.17) is 0 Å². The number of hydrogen-bond acceptors (Lipinski definition) is 2. The summed E-state index contributed by atoms with van der Waals surface area (Å²) in [4.78, 5) is 14.2. The molecule has 0 bridgehead atoms. The molecule has 1 aliphatic heterocycles. The van der Waals surface area contributed by atoms with Crippen molar-refractivity contribution >= 4 is 5.91 Å². The fourth-order valence-electron chi connectivity index (χ4n) is 2.65. The van der Waals surface area contributed by atoms with Gasteiger partial charge in [-0.3, -0.25) is 4.79 Å². The minimum Gasteiger partial charge on any atom is -0.341 e. The first-order valence-corrected chi connectivity index (χ1v) is 6.41. The van der Waals surface area contributed by atoms with Crippen LogP contribution in [0.2, 0.25) is 0 Å². The summed E-state index contributed by atoms with van der Waals surface area (Å²) in [5, 5.41) is 3.37. The van der Waals surface area contributed by atoms with Gasteiger partial charge < -0.3 is 10.2 Å². The Morgan fingerprint density at radius 1 is 1.38 bits per heavy atom. The second-order valence-electron chi connectivity index (χ2n) is 4.93. The second-order valence-corrected chi connectivity index (χ2v) is 4.93. The van der Waals surface area contributed by atoms with Crippen molar-refractivity contribution in [2.24, 2.45) is 5.92 Å². The van der Waals surface area contributed by atoms with Gasteiger partial charge in [-0.25, -0.2) is 0 Å². The number of likely N-dealkylation sites (N-methyl/N-ethyl adjacent to an activating group) is 1. The van der Waals surface area contributed by atoms with E-state index < -0.39 is 0 Å². The molecule has 3 nitrogen and oxygen atoms in total. The highest BCUT2D eigenvalue weighted by atomic mass is 16.2. The number of nitrogens with zero attached hydrogens (tertiary/aromatic N) is 1. The van der Waals surface area contributed by atoms with Gasteiger partial charge in [0.25, 0.3) is 0 Å². The Kier molecular flexibility index (Phi) is 3.99. The Bertz CT molecular complexity index is 269. The lowest BCUT2D eigenvalue weighted by molar-refractivity contribution is -0.136. The van der Waals surface area contributed by atoms with Crippen molar-refractivity contribution in [3.63, 3.8) is 0 Å². The Balaban J connectivity index is 1.89. The average Bonchev–Trinajstić information content (AvgIpc) is 2.39. The molecule has 2 rings (SSSR count). The summed E-state index contributed by atoms with van der Waals surface area (Å²) in [7, 11) is 1.97. The van der Waals surface area contributed by atoms with Gasteiger partial charge in [0, 0.05) is 25.6 Å². The molecule has 3 heteroatoms. The maximum atomic E-state index is 12.3. The van der Waals surface area contributed by atoms with E-state index in [0.29, 0.717) is 11.9 Å². The lowest BCUT2D eigenvalue weighted by atomic mass is 9.92. The van der Waals surface area contributed by atoms with Crippen LogP contribution in [0.15, 0.2) is 12.2 Å². The van der Waals surface area contributed by atoms with Crippen molar-refractivity contribution in [2.45, 2.75) is 38.1 Å². The molecule has 1 amide bonds. The monoisotopic (exact) mass is 222 g/mol. The van der Waals surface area contributed by atoms with Crippen molar-refractivity contribution in [1.82, 2.24) is 10.2 Å². The molecule has 0 aromatic heterocycles. The molecule has 2 unspecified atom stereocenters. The predicted molar refractivity (Wildman–Crippen MR) is 65.1 cm³/mol. The minimum absolute atomic E-state index is 0.233. The number of rotatable bonds is 2. The molecule has 90 valence electrons. The van der Waals surface area contributed by atoms with Crippen LogP contribution in [0.1, 0.15) is 32.1 Å². The van der Waals surface area contributed by atoms with Crippen molar-refractivity contribution in [1.29, 1.82) is 0 Å². The molecule has 2 atom stereocenters. The second kappa shape index (κ2) is 5.48. The molecule has 0 aromatic carbocycles. The number of carbonyl (C=O) groups excluding carboxylic acids is 1. The van der Waals surface area contributed by atoms with E-state index in [9.17, 15) is 4.79 Å². The van der Waals surface area contributed by atoms with Crippen LogP contribution in [0.4, 0.5) is 0 Å². The van der Waals surface area contributed by atoms with Gasteiger partial charge in [-0.15, -0.1) is 0 Å². The first kappa shape index (κ1) is 11.6. The first-order valence-electron chi connectivity index (χ1n) is 6.41. The van der Waals surface area contributed by atoms with Gasteiger partial charge in [-0.2, -0.15) is 0 Å². The molecule has 1 heterocycles. The average molecular weight is 222 g/mol. The highest BCUT2D eigenvalue weighted by molar-refractivity contribution is 5.79. The van der Waals surface area contributed by atoms with E-state index in [2.05, 4.69) is 17.5 Å². The first-order chi connectivity index (χ1) is 7.79. The third kappa shape index (κ3) is 2.64. The molecule has 0 spiro atoms. The Hall–Kier alpha value is -0.830. The molecule has 1 aliphatic carbocycles. The molecule has 0 radical (unpaired) electrons. The van der Waals surface area contributed by atoms with E-state index >= 15 is 0 Å². The summed E-state index contributed by atoms with van der Waals surface area (Å²) < 4.78 is 0. The van der Waals surface area contributed by atoms with Gasteiger partial charge in [0.05, 0.1) is 0 Å². The van der Waals surface area contributed by atoms with Gasteiger partial charge in [0.1, 0.15) is 0 Å². The quantitative estimate of drug-likeness (QED) is 0.719. The predicted octanol–water partition coefficient (Wildman–Crippen LogP) is 1.55. The highest BCUT2D eigenvalue weighted by Crippen LogP contribution is 2.22. The van der Waals surface area contributed by atoms with Crippen LogP contribution in [0.3, 0.4) is 0 Å². The number of carbonyl (C=O) groups is 1. The summed E-state index contributed by atoms with van der Waals surface area (Å²) in [6.45, 7) is 2.06. The fourth-order valence-corrected chi connectivity index (χ4v) is 2.65. The SMILES string of the molecule is CN(C(=O)C1CC=CCC1)C1CCCNC1. The summed E-state index contributed by atoms with van der Waals surface area (Å²) in [6.07, 6.45) is 9.70. The minimum atomic E-state index is 0.233. The number of allylic oxidation sites excluding steroid dienone is 2. The molecule has 16 heavy (non-hydrogen) atoms. The van der Waals surface area contributed by atoms with Crippen molar-refractivity contribution in [2.75, 3.05) is 20.1 Å². The molecule has 1 saturated heterocycles. The van der Waals surface area contributed by atoms with Crippen molar-refractivity contribution in [3.8, 4) is 0 Å².